The van der Waals surface area contributed by atoms with Crippen LogP contribution in [0.1, 0.15) is 23.3 Å². The summed E-state index contributed by atoms with van der Waals surface area (Å²) in [6.45, 7) is 1.26. The molecule has 5 N–H and O–H groups in total. The van der Waals surface area contributed by atoms with E-state index in [-0.39, 0.29) is 17.4 Å². The number of aromatic nitrogens is 2. The predicted octanol–water partition coefficient (Wildman–Crippen LogP) is 2.31. The summed E-state index contributed by atoms with van der Waals surface area (Å²) in [5, 5.41) is 14.3. The highest BCUT2D eigenvalue weighted by atomic mass is 79.9. The van der Waals surface area contributed by atoms with Gasteiger partial charge in [0.2, 0.25) is 0 Å². The van der Waals surface area contributed by atoms with Crippen LogP contribution in [0.4, 0.5) is 21.9 Å². The number of piperidine rings is 1. The predicted molar refractivity (Wildman–Crippen MR) is 105 cm³/mol. The van der Waals surface area contributed by atoms with E-state index in [2.05, 4.69) is 36.5 Å². The van der Waals surface area contributed by atoms with E-state index in [0.717, 1.165) is 25.1 Å². The average molecular weight is 435 g/mol. The molecule has 2 amide bonds. The fraction of sp³-hybridized carbons (Fsp3) is 0.294. The fourth-order valence-corrected chi connectivity index (χ4v) is 3.37. The minimum absolute atomic E-state index is 0.114. The molecule has 2 aromatic rings. The maximum atomic E-state index is 12.6. The molecule has 3 heterocycles. The van der Waals surface area contributed by atoms with Gasteiger partial charge in [-0.15, -0.1) is 0 Å². The van der Waals surface area contributed by atoms with Gasteiger partial charge in [-0.1, -0.05) is 0 Å². The van der Waals surface area contributed by atoms with E-state index >= 15 is 0 Å². The number of rotatable bonds is 4. The van der Waals surface area contributed by atoms with E-state index in [9.17, 15) is 9.59 Å². The summed E-state index contributed by atoms with van der Waals surface area (Å²) in [6.07, 6.45) is 3.75. The third kappa shape index (κ3) is 4.64. The lowest BCUT2D eigenvalue weighted by Gasteiger charge is -2.35. The maximum Gasteiger partial charge on any atom is 0.404 e. The van der Waals surface area contributed by atoms with Crippen LogP contribution in [0.3, 0.4) is 0 Å². The Morgan fingerprint density at radius 1 is 1.33 bits per heavy atom. The topological polar surface area (TPSA) is 133 Å². The molecule has 0 aromatic carbocycles. The van der Waals surface area contributed by atoms with Gasteiger partial charge in [0.15, 0.2) is 5.69 Å². The summed E-state index contributed by atoms with van der Waals surface area (Å²) in [4.78, 5) is 33.8. The number of carboxylic acid groups (broad SMARTS) is 1. The highest BCUT2D eigenvalue weighted by molar-refractivity contribution is 9.10. The van der Waals surface area contributed by atoms with Crippen LogP contribution in [0.25, 0.3) is 0 Å². The average Bonchev–Trinajstić information content (AvgIpc) is 2.64. The van der Waals surface area contributed by atoms with Crippen molar-refractivity contribution in [3.05, 3.63) is 40.9 Å². The van der Waals surface area contributed by atoms with E-state index in [4.69, 9.17) is 10.8 Å². The number of anilines is 3. The smallest absolute Gasteiger partial charge is 0.404 e. The Kier molecular flexibility index (Phi) is 5.75. The van der Waals surface area contributed by atoms with Gasteiger partial charge in [-0.3, -0.25) is 9.78 Å². The van der Waals surface area contributed by atoms with Crippen molar-refractivity contribution < 1.29 is 14.7 Å². The summed E-state index contributed by atoms with van der Waals surface area (Å²) < 4.78 is 0.506. The Morgan fingerprint density at radius 2 is 2.15 bits per heavy atom. The molecule has 27 heavy (non-hydrogen) atoms. The molecule has 0 spiro atoms. The SMILES string of the molecule is Nc1ccc(Br)nc1C(=O)Nc1cnccc1N1CCC[C@H](NC(=O)O)C1. The normalized spacial score (nSPS) is 16.6. The van der Waals surface area contributed by atoms with Gasteiger partial charge < -0.3 is 26.4 Å². The van der Waals surface area contributed by atoms with Gasteiger partial charge >= 0.3 is 6.09 Å². The van der Waals surface area contributed by atoms with Crippen LogP contribution in [0.15, 0.2) is 35.2 Å². The lowest BCUT2D eigenvalue weighted by molar-refractivity contribution is 0.102. The minimum atomic E-state index is -1.04. The second-order valence-electron chi connectivity index (χ2n) is 6.15. The molecule has 142 valence electrons. The first kappa shape index (κ1) is 18.9. The van der Waals surface area contributed by atoms with E-state index in [1.807, 2.05) is 4.90 Å². The number of nitrogen functional groups attached to an aromatic ring is 1. The number of nitrogens with zero attached hydrogens (tertiary/aromatic N) is 3. The summed E-state index contributed by atoms with van der Waals surface area (Å²) in [6, 6.07) is 4.88. The molecule has 1 fully saturated rings. The van der Waals surface area contributed by atoms with Crippen molar-refractivity contribution in [2.24, 2.45) is 0 Å². The second-order valence-corrected chi connectivity index (χ2v) is 6.97. The van der Waals surface area contributed by atoms with Crippen LogP contribution in [0.2, 0.25) is 0 Å². The molecule has 3 rings (SSSR count). The summed E-state index contributed by atoms with van der Waals surface area (Å²) >= 11 is 3.23. The molecule has 1 saturated heterocycles. The fourth-order valence-electron chi connectivity index (χ4n) is 3.06. The Bertz CT molecular complexity index is 862. The number of halogens is 1. The number of hydrogen-bond donors (Lipinski definition) is 4. The van der Waals surface area contributed by atoms with Crippen molar-refractivity contribution in [1.29, 1.82) is 0 Å². The zero-order valence-corrected chi connectivity index (χ0v) is 15.9. The van der Waals surface area contributed by atoms with Crippen LogP contribution in [-0.4, -0.2) is 46.2 Å². The lowest BCUT2D eigenvalue weighted by atomic mass is 10.0. The number of carbonyl (C=O) groups is 2. The van der Waals surface area contributed by atoms with Crippen LogP contribution >= 0.6 is 15.9 Å². The van der Waals surface area contributed by atoms with E-state index < -0.39 is 12.0 Å². The molecule has 0 saturated carbocycles. The Hall–Kier alpha value is -2.88. The van der Waals surface area contributed by atoms with Crippen molar-refractivity contribution in [1.82, 2.24) is 15.3 Å². The summed E-state index contributed by atoms with van der Waals surface area (Å²) in [7, 11) is 0. The third-order valence-electron chi connectivity index (χ3n) is 4.24. The Labute approximate surface area is 164 Å². The standard InChI is InChI=1S/C17H19BrN6O3/c18-14-4-3-11(19)15(23-14)16(25)22-12-8-20-6-5-13(12)24-7-1-2-10(9-24)21-17(26)27/h3-6,8,10,21H,1-2,7,9,19H2,(H,22,25)(H,26,27)/t10-/m0/s1. The first-order valence-electron chi connectivity index (χ1n) is 8.36. The van der Waals surface area contributed by atoms with Gasteiger partial charge in [0.05, 0.1) is 23.3 Å². The number of nitrogens with two attached hydrogens (primary N) is 1. The van der Waals surface area contributed by atoms with Gasteiger partial charge in [-0.05, 0) is 47.0 Å². The number of hydrogen-bond acceptors (Lipinski definition) is 6. The van der Waals surface area contributed by atoms with Crippen LogP contribution < -0.4 is 21.3 Å². The van der Waals surface area contributed by atoms with E-state index in [0.29, 0.717) is 16.8 Å². The van der Waals surface area contributed by atoms with E-state index in [1.54, 1.807) is 30.6 Å². The highest BCUT2D eigenvalue weighted by Gasteiger charge is 2.24. The zero-order chi connectivity index (χ0) is 19.4. The maximum absolute atomic E-state index is 12.6. The second kappa shape index (κ2) is 8.21. The number of carbonyl (C=O) groups excluding carboxylic acids is 1. The molecule has 1 aliphatic rings. The van der Waals surface area contributed by atoms with Crippen molar-refractivity contribution in [2.75, 3.05) is 29.0 Å². The zero-order valence-electron chi connectivity index (χ0n) is 14.4. The first-order chi connectivity index (χ1) is 12.9. The minimum Gasteiger partial charge on any atom is -0.465 e. The molecule has 9 nitrogen and oxygen atoms in total. The molecule has 0 radical (unpaired) electrons. The molecule has 1 atom stereocenters. The first-order valence-corrected chi connectivity index (χ1v) is 9.15. The van der Waals surface area contributed by atoms with Crippen molar-refractivity contribution in [3.63, 3.8) is 0 Å². The monoisotopic (exact) mass is 434 g/mol. The molecule has 2 aromatic heterocycles. The lowest BCUT2D eigenvalue weighted by Crippen LogP contribution is -2.47. The summed E-state index contributed by atoms with van der Waals surface area (Å²) in [5.41, 5.74) is 7.52. The van der Waals surface area contributed by atoms with Gasteiger partial charge in [-0.2, -0.15) is 0 Å². The largest absolute Gasteiger partial charge is 0.465 e. The quantitative estimate of drug-likeness (QED) is 0.542. The van der Waals surface area contributed by atoms with Gasteiger partial charge in [0, 0.05) is 25.3 Å². The molecule has 0 aliphatic carbocycles. The van der Waals surface area contributed by atoms with Gasteiger partial charge in [0.1, 0.15) is 4.60 Å². The van der Waals surface area contributed by atoms with E-state index in [1.165, 1.54) is 0 Å². The van der Waals surface area contributed by atoms with Gasteiger partial charge in [-0.25, -0.2) is 9.78 Å². The molecule has 0 unspecified atom stereocenters. The van der Waals surface area contributed by atoms with Gasteiger partial charge in [0.25, 0.3) is 5.91 Å². The highest BCUT2D eigenvalue weighted by Crippen LogP contribution is 2.28. The Morgan fingerprint density at radius 3 is 2.93 bits per heavy atom. The number of nitrogens with one attached hydrogen (secondary N) is 2. The van der Waals surface area contributed by atoms with Crippen molar-refractivity contribution >= 4 is 45.0 Å². The third-order valence-corrected chi connectivity index (χ3v) is 4.69. The molecule has 0 bridgehead atoms. The van der Waals surface area contributed by atoms with Crippen LogP contribution in [0, 0.1) is 0 Å². The number of pyridine rings is 2. The molecule has 10 heteroatoms. The molecular weight excluding hydrogens is 416 g/mol. The summed E-state index contributed by atoms with van der Waals surface area (Å²) in [5.74, 6) is -0.444. The molecular formula is C17H19BrN6O3. The molecule has 1 aliphatic heterocycles. The van der Waals surface area contributed by atoms with Crippen molar-refractivity contribution in [2.45, 2.75) is 18.9 Å². The van der Waals surface area contributed by atoms with Crippen molar-refractivity contribution in [3.8, 4) is 0 Å². The Balaban J connectivity index is 1.80. The van der Waals surface area contributed by atoms with Crippen LogP contribution in [-0.2, 0) is 0 Å². The number of amides is 2. The van der Waals surface area contributed by atoms with Crippen LogP contribution in [0.5, 0.6) is 0 Å².